The van der Waals surface area contributed by atoms with Gasteiger partial charge in [-0.1, -0.05) is 72.3 Å². The summed E-state index contributed by atoms with van der Waals surface area (Å²) < 4.78 is 5.71. The van der Waals surface area contributed by atoms with E-state index in [9.17, 15) is 9.90 Å². The molecule has 5 rings (SSSR count). The number of benzene rings is 3. The molecule has 0 bridgehead atoms. The van der Waals surface area contributed by atoms with Gasteiger partial charge >= 0.3 is 0 Å². The lowest BCUT2D eigenvalue weighted by molar-refractivity contribution is 0.416. The fraction of sp³-hybridized carbons (Fsp3) is 0.0741. The average Bonchev–Trinajstić information content (AvgIpc) is 3.24. The Bertz CT molecular complexity index is 1480. The Morgan fingerprint density at radius 3 is 2.31 bits per heavy atom. The van der Waals surface area contributed by atoms with Gasteiger partial charge in [-0.15, -0.1) is 11.3 Å². The molecule has 0 unspecified atom stereocenters. The van der Waals surface area contributed by atoms with Gasteiger partial charge < -0.3 is 14.8 Å². The summed E-state index contributed by atoms with van der Waals surface area (Å²) in [6, 6.07) is 23.6. The Hall–Kier alpha value is -3.83. The molecular formula is C27H21NO3S. The number of ether oxygens (including phenoxy) is 1. The third-order valence-electron chi connectivity index (χ3n) is 5.66. The Morgan fingerprint density at radius 2 is 1.59 bits per heavy atom. The molecule has 0 aliphatic carbocycles. The Labute approximate surface area is 189 Å². The molecule has 0 spiro atoms. The molecule has 0 aliphatic heterocycles. The summed E-state index contributed by atoms with van der Waals surface area (Å²) in [5, 5.41) is 13.7. The number of aryl methyl sites for hydroxylation is 1. The first-order valence-electron chi connectivity index (χ1n) is 10.2. The van der Waals surface area contributed by atoms with Crippen LogP contribution >= 0.6 is 11.3 Å². The number of nitrogens with one attached hydrogen (secondary N) is 1. The van der Waals surface area contributed by atoms with Crippen molar-refractivity contribution in [3.63, 3.8) is 0 Å². The maximum atomic E-state index is 12.7. The van der Waals surface area contributed by atoms with Gasteiger partial charge in [0.15, 0.2) is 0 Å². The number of rotatable bonds is 4. The van der Waals surface area contributed by atoms with Gasteiger partial charge in [0, 0.05) is 16.5 Å². The predicted molar refractivity (Wildman–Crippen MR) is 132 cm³/mol. The molecular weight excluding hydrogens is 418 g/mol. The number of hydrogen-bond donors (Lipinski definition) is 2. The number of hydrogen-bond acceptors (Lipinski definition) is 4. The van der Waals surface area contributed by atoms with E-state index in [1.54, 1.807) is 7.11 Å². The number of methoxy groups -OCH3 is 1. The van der Waals surface area contributed by atoms with Crippen LogP contribution in [0.1, 0.15) is 5.56 Å². The minimum atomic E-state index is -0.304. The van der Waals surface area contributed by atoms with Gasteiger partial charge in [-0.25, -0.2) is 0 Å². The van der Waals surface area contributed by atoms with Gasteiger partial charge in [0.25, 0.3) is 5.56 Å². The highest BCUT2D eigenvalue weighted by Gasteiger charge is 2.19. The van der Waals surface area contributed by atoms with E-state index in [1.807, 2.05) is 53.9 Å². The standard InChI is InChI=1S/C27H21NO3S/c1-16-8-10-17(11-9-16)20-13-12-19(14-22(20)31-2)21-15-32-27-24(21)25(29)23(26(30)28-27)18-6-4-3-5-7-18/h3-15H,1-2H3,(H2,28,29,30). The second kappa shape index (κ2) is 8.02. The summed E-state index contributed by atoms with van der Waals surface area (Å²) in [7, 11) is 1.66. The predicted octanol–water partition coefficient (Wildman–Crippen LogP) is 6.61. The van der Waals surface area contributed by atoms with Crippen LogP contribution in [0.3, 0.4) is 0 Å². The third-order valence-corrected chi connectivity index (χ3v) is 6.55. The first kappa shape index (κ1) is 20.1. The lowest BCUT2D eigenvalue weighted by Crippen LogP contribution is -2.08. The molecule has 0 saturated heterocycles. The van der Waals surface area contributed by atoms with Crippen molar-refractivity contribution in [3.05, 3.63) is 94.1 Å². The van der Waals surface area contributed by atoms with Crippen molar-refractivity contribution in [3.8, 4) is 44.9 Å². The summed E-state index contributed by atoms with van der Waals surface area (Å²) in [5.41, 5.74) is 5.69. The third kappa shape index (κ3) is 3.37. The first-order chi connectivity index (χ1) is 15.6. The Morgan fingerprint density at radius 1 is 0.875 bits per heavy atom. The molecule has 4 nitrogen and oxygen atoms in total. The van der Waals surface area contributed by atoms with Crippen LogP contribution in [0.5, 0.6) is 11.5 Å². The zero-order valence-electron chi connectivity index (χ0n) is 17.7. The molecule has 0 aliphatic rings. The molecule has 158 valence electrons. The summed E-state index contributed by atoms with van der Waals surface area (Å²) in [6.45, 7) is 2.06. The topological polar surface area (TPSA) is 62.3 Å². The van der Waals surface area contributed by atoms with E-state index in [0.717, 1.165) is 28.0 Å². The molecule has 2 N–H and O–H groups in total. The molecule has 0 radical (unpaired) electrons. The monoisotopic (exact) mass is 439 g/mol. The molecule has 0 atom stereocenters. The number of aromatic hydroxyl groups is 1. The fourth-order valence-electron chi connectivity index (χ4n) is 4.00. The fourth-order valence-corrected chi connectivity index (χ4v) is 4.96. The van der Waals surface area contributed by atoms with Crippen LogP contribution in [-0.2, 0) is 0 Å². The molecule has 32 heavy (non-hydrogen) atoms. The normalized spacial score (nSPS) is 11.1. The molecule has 3 aromatic carbocycles. The van der Waals surface area contributed by atoms with Crippen molar-refractivity contribution < 1.29 is 9.84 Å². The summed E-state index contributed by atoms with van der Waals surface area (Å²) >= 11 is 1.40. The largest absolute Gasteiger partial charge is 0.506 e. The second-order valence-electron chi connectivity index (χ2n) is 7.68. The molecule has 2 aromatic heterocycles. The quantitative estimate of drug-likeness (QED) is 0.331. The SMILES string of the molecule is COc1cc(-c2csc3[nH]c(=O)c(-c4ccccc4)c(O)c23)ccc1-c1ccc(C)cc1. The second-order valence-corrected chi connectivity index (χ2v) is 8.56. The molecule has 2 heterocycles. The Balaban J connectivity index is 1.68. The molecule has 0 fully saturated rings. The number of pyridine rings is 1. The lowest BCUT2D eigenvalue weighted by atomic mass is 9.97. The van der Waals surface area contributed by atoms with Gasteiger partial charge in [-0.3, -0.25) is 4.79 Å². The average molecular weight is 440 g/mol. The zero-order valence-corrected chi connectivity index (χ0v) is 18.5. The number of aromatic nitrogens is 1. The van der Waals surface area contributed by atoms with E-state index < -0.39 is 0 Å². The van der Waals surface area contributed by atoms with Crippen molar-refractivity contribution in [1.82, 2.24) is 4.98 Å². The molecule has 0 saturated carbocycles. The summed E-state index contributed by atoms with van der Waals surface area (Å²) in [4.78, 5) is 16.3. The highest BCUT2D eigenvalue weighted by molar-refractivity contribution is 7.17. The van der Waals surface area contributed by atoms with Gasteiger partial charge in [-0.05, 0) is 29.7 Å². The van der Waals surface area contributed by atoms with Crippen LogP contribution in [0, 0.1) is 6.92 Å². The van der Waals surface area contributed by atoms with Gasteiger partial charge in [0.2, 0.25) is 0 Å². The van der Waals surface area contributed by atoms with Crippen molar-refractivity contribution in [2.24, 2.45) is 0 Å². The van der Waals surface area contributed by atoms with E-state index in [4.69, 9.17) is 4.74 Å². The van der Waals surface area contributed by atoms with Gasteiger partial charge in [-0.2, -0.15) is 0 Å². The van der Waals surface area contributed by atoms with E-state index in [2.05, 4.69) is 36.2 Å². The zero-order chi connectivity index (χ0) is 22.2. The lowest BCUT2D eigenvalue weighted by Gasteiger charge is -2.12. The minimum absolute atomic E-state index is 0.00669. The van der Waals surface area contributed by atoms with E-state index in [-0.39, 0.29) is 16.9 Å². The van der Waals surface area contributed by atoms with E-state index in [1.165, 1.54) is 16.9 Å². The van der Waals surface area contributed by atoms with Gasteiger partial charge in [0.05, 0.1) is 18.1 Å². The number of H-pyrrole nitrogens is 1. The molecule has 5 aromatic rings. The number of aromatic amines is 1. The van der Waals surface area contributed by atoms with Crippen molar-refractivity contribution in [2.45, 2.75) is 6.92 Å². The maximum absolute atomic E-state index is 12.7. The van der Waals surface area contributed by atoms with Crippen LogP contribution in [-0.4, -0.2) is 17.2 Å². The summed E-state index contributed by atoms with van der Waals surface area (Å²) in [5.74, 6) is 0.741. The van der Waals surface area contributed by atoms with Crippen LogP contribution < -0.4 is 10.3 Å². The van der Waals surface area contributed by atoms with Gasteiger partial charge in [0.1, 0.15) is 16.3 Å². The minimum Gasteiger partial charge on any atom is -0.506 e. The van der Waals surface area contributed by atoms with Crippen molar-refractivity contribution in [2.75, 3.05) is 7.11 Å². The Kier molecular flexibility index (Phi) is 5.04. The van der Waals surface area contributed by atoms with Crippen LogP contribution in [0.4, 0.5) is 0 Å². The maximum Gasteiger partial charge on any atom is 0.260 e. The van der Waals surface area contributed by atoms with E-state index in [0.29, 0.717) is 15.8 Å². The smallest absolute Gasteiger partial charge is 0.260 e. The summed E-state index contributed by atoms with van der Waals surface area (Å²) in [6.07, 6.45) is 0. The molecule has 0 amide bonds. The van der Waals surface area contributed by atoms with Crippen LogP contribution in [0.25, 0.3) is 43.6 Å². The van der Waals surface area contributed by atoms with Crippen LogP contribution in [0.15, 0.2) is 83.0 Å². The van der Waals surface area contributed by atoms with E-state index >= 15 is 0 Å². The molecule has 5 heteroatoms. The van der Waals surface area contributed by atoms with Crippen molar-refractivity contribution in [1.29, 1.82) is 0 Å². The highest BCUT2D eigenvalue weighted by Crippen LogP contribution is 2.43. The van der Waals surface area contributed by atoms with Crippen LogP contribution in [0.2, 0.25) is 0 Å². The first-order valence-corrected chi connectivity index (χ1v) is 11.1. The van der Waals surface area contributed by atoms with Crippen molar-refractivity contribution >= 4 is 21.6 Å². The number of fused-ring (bicyclic) bond motifs is 1. The highest BCUT2D eigenvalue weighted by atomic mass is 32.1. The number of thiophene rings is 1.